The van der Waals surface area contributed by atoms with Crippen molar-refractivity contribution in [2.24, 2.45) is 5.73 Å². The van der Waals surface area contributed by atoms with Crippen molar-refractivity contribution >= 4 is 17.5 Å². The predicted molar refractivity (Wildman–Crippen MR) is 78.1 cm³/mol. The summed E-state index contributed by atoms with van der Waals surface area (Å²) >= 11 is 6.12. The molecule has 20 heavy (non-hydrogen) atoms. The minimum atomic E-state index is -0.526. The summed E-state index contributed by atoms with van der Waals surface area (Å²) in [4.78, 5) is 23.2. The second-order valence-corrected chi connectivity index (χ2v) is 5.29. The standard InChI is InChI=1S/C14H16ClN3O2/c1-9(2)18-6-5-17(14(18)20)8-11-4-3-10(13(16)19)7-12(11)15/h3-7,9H,8H2,1-2H3,(H2,16,19). The van der Waals surface area contributed by atoms with Gasteiger partial charge in [-0.05, 0) is 31.5 Å². The van der Waals surface area contributed by atoms with E-state index in [0.717, 1.165) is 5.56 Å². The molecule has 0 radical (unpaired) electrons. The molecule has 1 amide bonds. The molecule has 2 N–H and O–H groups in total. The van der Waals surface area contributed by atoms with Crippen molar-refractivity contribution in [3.8, 4) is 0 Å². The van der Waals surface area contributed by atoms with Gasteiger partial charge in [-0.15, -0.1) is 0 Å². The van der Waals surface area contributed by atoms with Gasteiger partial charge in [0, 0.05) is 29.0 Å². The molecule has 6 heteroatoms. The van der Waals surface area contributed by atoms with Crippen LogP contribution in [0.15, 0.2) is 35.4 Å². The van der Waals surface area contributed by atoms with Crippen molar-refractivity contribution in [2.75, 3.05) is 0 Å². The third-order valence-corrected chi connectivity index (χ3v) is 3.46. The maximum absolute atomic E-state index is 12.1. The minimum absolute atomic E-state index is 0.0879. The quantitative estimate of drug-likeness (QED) is 0.937. The highest BCUT2D eigenvalue weighted by Gasteiger charge is 2.10. The van der Waals surface area contributed by atoms with Crippen molar-refractivity contribution in [1.82, 2.24) is 9.13 Å². The van der Waals surface area contributed by atoms with E-state index in [1.165, 1.54) is 6.07 Å². The lowest BCUT2D eigenvalue weighted by Crippen LogP contribution is -2.25. The Bertz CT molecular complexity index is 701. The molecule has 0 bridgehead atoms. The van der Waals surface area contributed by atoms with Gasteiger partial charge in [0.1, 0.15) is 0 Å². The second-order valence-electron chi connectivity index (χ2n) is 4.88. The number of nitrogens with two attached hydrogens (primary N) is 1. The number of primary amides is 1. The summed E-state index contributed by atoms with van der Waals surface area (Å²) < 4.78 is 3.22. The molecular formula is C14H16ClN3O2. The monoisotopic (exact) mass is 293 g/mol. The van der Waals surface area contributed by atoms with Crippen LogP contribution >= 0.6 is 11.6 Å². The molecule has 106 valence electrons. The molecule has 2 rings (SSSR count). The van der Waals surface area contributed by atoms with Crippen molar-refractivity contribution in [2.45, 2.75) is 26.4 Å². The molecule has 1 heterocycles. The summed E-state index contributed by atoms with van der Waals surface area (Å²) in [7, 11) is 0. The third-order valence-electron chi connectivity index (χ3n) is 3.11. The summed E-state index contributed by atoms with van der Waals surface area (Å²) in [6.07, 6.45) is 3.47. The minimum Gasteiger partial charge on any atom is -0.366 e. The third kappa shape index (κ3) is 2.77. The van der Waals surface area contributed by atoms with Crippen molar-refractivity contribution in [3.05, 3.63) is 57.2 Å². The summed E-state index contributed by atoms with van der Waals surface area (Å²) in [6, 6.07) is 4.94. The fraction of sp³-hybridized carbons (Fsp3) is 0.286. The molecule has 0 spiro atoms. The van der Waals surface area contributed by atoms with E-state index in [0.29, 0.717) is 17.1 Å². The topological polar surface area (TPSA) is 70.0 Å². The highest BCUT2D eigenvalue weighted by Crippen LogP contribution is 2.18. The van der Waals surface area contributed by atoms with Gasteiger partial charge >= 0.3 is 5.69 Å². The lowest BCUT2D eigenvalue weighted by molar-refractivity contribution is 0.100. The van der Waals surface area contributed by atoms with Gasteiger partial charge in [0.2, 0.25) is 5.91 Å². The fourth-order valence-electron chi connectivity index (χ4n) is 1.95. The molecule has 0 aliphatic heterocycles. The molecule has 1 aromatic heterocycles. The Labute approximate surface area is 121 Å². The number of nitrogens with zero attached hydrogens (tertiary/aromatic N) is 2. The van der Waals surface area contributed by atoms with Gasteiger partial charge in [0.25, 0.3) is 0 Å². The molecule has 0 atom stereocenters. The number of imidazole rings is 1. The van der Waals surface area contributed by atoms with Crippen LogP contribution in [0.3, 0.4) is 0 Å². The number of amides is 1. The molecule has 0 saturated heterocycles. The molecule has 1 aromatic carbocycles. The number of rotatable bonds is 4. The first-order valence-electron chi connectivity index (χ1n) is 6.25. The fourth-order valence-corrected chi connectivity index (χ4v) is 2.19. The van der Waals surface area contributed by atoms with Crippen molar-refractivity contribution < 1.29 is 4.79 Å². The molecule has 5 nitrogen and oxygen atoms in total. The van der Waals surface area contributed by atoms with E-state index in [4.69, 9.17) is 17.3 Å². The van der Waals surface area contributed by atoms with Crippen molar-refractivity contribution in [1.29, 1.82) is 0 Å². The number of hydrogen-bond donors (Lipinski definition) is 1. The van der Waals surface area contributed by atoms with Gasteiger partial charge in [-0.1, -0.05) is 17.7 Å². The van der Waals surface area contributed by atoms with Crippen LogP contribution in [0.2, 0.25) is 5.02 Å². The summed E-state index contributed by atoms with van der Waals surface area (Å²) in [5.41, 5.74) is 6.22. The average Bonchev–Trinajstić information content (AvgIpc) is 2.73. The molecular weight excluding hydrogens is 278 g/mol. The van der Waals surface area contributed by atoms with Crippen LogP contribution in [-0.4, -0.2) is 15.0 Å². The molecule has 2 aromatic rings. The molecule has 0 aliphatic carbocycles. The maximum atomic E-state index is 12.1. The van der Waals surface area contributed by atoms with Crippen LogP contribution in [-0.2, 0) is 6.54 Å². The molecule has 0 fully saturated rings. The average molecular weight is 294 g/mol. The van der Waals surface area contributed by atoms with E-state index < -0.39 is 5.91 Å². The Morgan fingerprint density at radius 3 is 2.55 bits per heavy atom. The Hall–Kier alpha value is -2.01. The van der Waals surface area contributed by atoms with Gasteiger partial charge in [0.15, 0.2) is 0 Å². The summed E-state index contributed by atoms with van der Waals surface area (Å²) in [6.45, 7) is 4.25. The number of halogens is 1. The van der Waals surface area contributed by atoms with E-state index in [1.54, 1.807) is 33.7 Å². The van der Waals surface area contributed by atoms with E-state index in [2.05, 4.69) is 0 Å². The van der Waals surface area contributed by atoms with Gasteiger partial charge in [-0.3, -0.25) is 13.9 Å². The zero-order valence-electron chi connectivity index (χ0n) is 11.3. The van der Waals surface area contributed by atoms with E-state index in [1.807, 2.05) is 13.8 Å². The first-order chi connectivity index (χ1) is 9.40. The lowest BCUT2D eigenvalue weighted by Gasteiger charge is -2.07. The van der Waals surface area contributed by atoms with Crippen LogP contribution in [0.5, 0.6) is 0 Å². The highest BCUT2D eigenvalue weighted by molar-refractivity contribution is 6.31. The Morgan fingerprint density at radius 2 is 2.05 bits per heavy atom. The number of benzene rings is 1. The smallest absolute Gasteiger partial charge is 0.328 e. The SMILES string of the molecule is CC(C)n1ccn(Cc2ccc(C(N)=O)cc2Cl)c1=O. The Morgan fingerprint density at radius 1 is 1.35 bits per heavy atom. The lowest BCUT2D eigenvalue weighted by atomic mass is 10.1. The second kappa shape index (κ2) is 5.54. The summed E-state index contributed by atoms with van der Waals surface area (Å²) in [5, 5.41) is 0.422. The first kappa shape index (κ1) is 14.4. The molecule has 0 saturated carbocycles. The van der Waals surface area contributed by atoms with E-state index >= 15 is 0 Å². The zero-order valence-corrected chi connectivity index (χ0v) is 12.1. The molecule has 0 aliphatic rings. The Balaban J connectivity index is 2.31. The number of hydrogen-bond acceptors (Lipinski definition) is 2. The van der Waals surface area contributed by atoms with E-state index in [9.17, 15) is 9.59 Å². The maximum Gasteiger partial charge on any atom is 0.328 e. The van der Waals surface area contributed by atoms with Crippen LogP contribution < -0.4 is 11.4 Å². The Kier molecular flexibility index (Phi) is 3.99. The van der Waals surface area contributed by atoms with Gasteiger partial charge < -0.3 is 5.73 Å². The summed E-state index contributed by atoms with van der Waals surface area (Å²) in [5.74, 6) is -0.526. The largest absolute Gasteiger partial charge is 0.366 e. The van der Waals surface area contributed by atoms with Crippen LogP contribution in [0.1, 0.15) is 35.8 Å². The van der Waals surface area contributed by atoms with Gasteiger partial charge in [0.05, 0.1) is 6.54 Å². The number of aromatic nitrogens is 2. The van der Waals surface area contributed by atoms with Crippen molar-refractivity contribution in [3.63, 3.8) is 0 Å². The van der Waals surface area contributed by atoms with Gasteiger partial charge in [-0.25, -0.2) is 4.79 Å². The van der Waals surface area contributed by atoms with Crippen LogP contribution in [0.25, 0.3) is 0 Å². The van der Waals surface area contributed by atoms with Crippen LogP contribution in [0, 0.1) is 0 Å². The number of carbonyl (C=O) groups excluding carboxylic acids is 1. The zero-order chi connectivity index (χ0) is 14.9. The van der Waals surface area contributed by atoms with Crippen LogP contribution in [0.4, 0.5) is 0 Å². The predicted octanol–water partition coefficient (Wildman–Crippen LogP) is 2.03. The normalized spacial score (nSPS) is 11.0. The highest BCUT2D eigenvalue weighted by atomic mass is 35.5. The van der Waals surface area contributed by atoms with Gasteiger partial charge in [-0.2, -0.15) is 0 Å². The first-order valence-corrected chi connectivity index (χ1v) is 6.63. The molecule has 0 unspecified atom stereocenters. The van der Waals surface area contributed by atoms with E-state index in [-0.39, 0.29) is 11.7 Å². The number of carbonyl (C=O) groups is 1.